The summed E-state index contributed by atoms with van der Waals surface area (Å²) in [6, 6.07) is 11.5. The first-order chi connectivity index (χ1) is 9.20. The number of thioether (sulfide) groups is 1. The maximum absolute atomic E-state index is 3.81. The van der Waals surface area contributed by atoms with Crippen molar-refractivity contribution in [3.8, 4) is 0 Å². The maximum atomic E-state index is 3.81. The summed E-state index contributed by atoms with van der Waals surface area (Å²) < 4.78 is 0. The Labute approximate surface area is 121 Å². The predicted octanol–water partition coefficient (Wildman–Crippen LogP) is 3.09. The standard InChI is InChI=1S/C16H24N2S/c1-13-8-10-17-16(19-13)9-11-18(14(16)2)12-15-6-4-3-5-7-15/h3-7,13-14,17H,8-12H2,1-2H3. The summed E-state index contributed by atoms with van der Waals surface area (Å²) in [4.78, 5) is 2.93. The van der Waals surface area contributed by atoms with Gasteiger partial charge in [-0.2, -0.15) is 0 Å². The number of hydrogen-bond donors (Lipinski definition) is 1. The van der Waals surface area contributed by atoms with Gasteiger partial charge in [-0.1, -0.05) is 37.3 Å². The molecule has 0 aliphatic carbocycles. The fraction of sp³-hybridized carbons (Fsp3) is 0.625. The van der Waals surface area contributed by atoms with Gasteiger partial charge in [-0.15, -0.1) is 11.8 Å². The first kappa shape index (κ1) is 13.5. The van der Waals surface area contributed by atoms with Crippen molar-refractivity contribution >= 4 is 11.8 Å². The van der Waals surface area contributed by atoms with Gasteiger partial charge in [-0.05, 0) is 31.9 Å². The van der Waals surface area contributed by atoms with Crippen molar-refractivity contribution in [1.82, 2.24) is 10.2 Å². The lowest BCUT2D eigenvalue weighted by Gasteiger charge is -2.42. The highest BCUT2D eigenvalue weighted by molar-refractivity contribution is 8.01. The van der Waals surface area contributed by atoms with Crippen LogP contribution >= 0.6 is 11.8 Å². The van der Waals surface area contributed by atoms with Crippen molar-refractivity contribution in [1.29, 1.82) is 0 Å². The van der Waals surface area contributed by atoms with Crippen molar-refractivity contribution in [2.45, 2.75) is 49.4 Å². The third-order valence-electron chi connectivity index (χ3n) is 4.61. The molecule has 0 radical (unpaired) electrons. The molecule has 1 N–H and O–H groups in total. The van der Waals surface area contributed by atoms with E-state index >= 15 is 0 Å². The van der Waals surface area contributed by atoms with Gasteiger partial charge >= 0.3 is 0 Å². The van der Waals surface area contributed by atoms with Crippen LogP contribution in [0.15, 0.2) is 30.3 Å². The van der Waals surface area contributed by atoms with Crippen LogP contribution in [0.5, 0.6) is 0 Å². The second-order valence-corrected chi connectivity index (χ2v) is 7.68. The molecule has 2 aliphatic rings. The Bertz CT molecular complexity index is 422. The minimum absolute atomic E-state index is 0.298. The van der Waals surface area contributed by atoms with Gasteiger partial charge in [0.1, 0.15) is 0 Å². The van der Waals surface area contributed by atoms with Crippen LogP contribution in [0.3, 0.4) is 0 Å². The molecule has 1 spiro atoms. The van der Waals surface area contributed by atoms with E-state index in [2.05, 4.69) is 66.2 Å². The minimum Gasteiger partial charge on any atom is -0.301 e. The minimum atomic E-state index is 0.298. The molecule has 3 heteroatoms. The lowest BCUT2D eigenvalue weighted by Crippen LogP contribution is -2.54. The smallest absolute Gasteiger partial charge is 0.0814 e. The molecule has 2 aliphatic heterocycles. The Morgan fingerprint density at radius 3 is 2.84 bits per heavy atom. The second kappa shape index (κ2) is 5.47. The van der Waals surface area contributed by atoms with Crippen LogP contribution < -0.4 is 5.32 Å². The van der Waals surface area contributed by atoms with Crippen LogP contribution in [0, 0.1) is 0 Å². The molecule has 3 rings (SSSR count). The van der Waals surface area contributed by atoms with E-state index in [0.29, 0.717) is 10.9 Å². The van der Waals surface area contributed by atoms with Gasteiger partial charge in [0.25, 0.3) is 0 Å². The van der Waals surface area contributed by atoms with Crippen LogP contribution in [-0.2, 0) is 6.54 Å². The van der Waals surface area contributed by atoms with E-state index in [4.69, 9.17) is 0 Å². The summed E-state index contributed by atoms with van der Waals surface area (Å²) in [7, 11) is 0. The first-order valence-corrected chi connectivity index (χ1v) is 8.28. The molecule has 1 aromatic carbocycles. The average Bonchev–Trinajstić information content (AvgIpc) is 2.69. The van der Waals surface area contributed by atoms with Gasteiger partial charge in [-0.3, -0.25) is 4.90 Å². The summed E-state index contributed by atoms with van der Waals surface area (Å²) >= 11 is 2.17. The lowest BCUT2D eigenvalue weighted by atomic mass is 10.1. The molecule has 0 bridgehead atoms. The summed E-state index contributed by atoms with van der Waals surface area (Å²) in [6.07, 6.45) is 2.58. The summed E-state index contributed by atoms with van der Waals surface area (Å²) in [6.45, 7) is 8.24. The normalized spacial score (nSPS) is 35.9. The third kappa shape index (κ3) is 2.69. The predicted molar refractivity (Wildman–Crippen MR) is 83.3 cm³/mol. The van der Waals surface area contributed by atoms with Gasteiger partial charge in [0.15, 0.2) is 0 Å². The van der Waals surface area contributed by atoms with E-state index < -0.39 is 0 Å². The Morgan fingerprint density at radius 1 is 1.32 bits per heavy atom. The van der Waals surface area contributed by atoms with Crippen molar-refractivity contribution in [3.05, 3.63) is 35.9 Å². The van der Waals surface area contributed by atoms with Crippen LogP contribution in [0.4, 0.5) is 0 Å². The Morgan fingerprint density at radius 2 is 2.11 bits per heavy atom. The summed E-state index contributed by atoms with van der Waals surface area (Å²) in [5, 5.41) is 4.60. The fourth-order valence-electron chi connectivity index (χ4n) is 3.38. The number of nitrogens with one attached hydrogen (secondary N) is 1. The monoisotopic (exact) mass is 276 g/mol. The van der Waals surface area contributed by atoms with Gasteiger partial charge in [0.2, 0.25) is 0 Å². The molecule has 104 valence electrons. The van der Waals surface area contributed by atoms with Crippen LogP contribution in [0.25, 0.3) is 0 Å². The molecule has 0 amide bonds. The topological polar surface area (TPSA) is 15.3 Å². The largest absolute Gasteiger partial charge is 0.301 e. The van der Waals surface area contributed by atoms with E-state index in [1.54, 1.807) is 0 Å². The van der Waals surface area contributed by atoms with Gasteiger partial charge in [-0.25, -0.2) is 0 Å². The quantitative estimate of drug-likeness (QED) is 0.893. The van der Waals surface area contributed by atoms with E-state index in [9.17, 15) is 0 Å². The second-order valence-electron chi connectivity index (χ2n) is 5.92. The Balaban J connectivity index is 1.70. The average molecular weight is 276 g/mol. The van der Waals surface area contributed by atoms with E-state index in [1.165, 1.54) is 31.5 Å². The Kier molecular flexibility index (Phi) is 3.88. The molecule has 2 nitrogen and oxygen atoms in total. The van der Waals surface area contributed by atoms with E-state index in [0.717, 1.165) is 11.8 Å². The van der Waals surface area contributed by atoms with E-state index in [-0.39, 0.29) is 0 Å². The van der Waals surface area contributed by atoms with Crippen LogP contribution in [0.2, 0.25) is 0 Å². The van der Waals surface area contributed by atoms with Crippen molar-refractivity contribution in [3.63, 3.8) is 0 Å². The SMILES string of the molecule is CC1CCNC2(CCN(Cc3ccccc3)C2C)S1. The molecular weight excluding hydrogens is 252 g/mol. The zero-order valence-electron chi connectivity index (χ0n) is 11.9. The highest BCUT2D eigenvalue weighted by Crippen LogP contribution is 2.43. The van der Waals surface area contributed by atoms with Crippen LogP contribution in [0.1, 0.15) is 32.3 Å². The zero-order valence-corrected chi connectivity index (χ0v) is 12.7. The lowest BCUT2D eigenvalue weighted by molar-refractivity contribution is 0.229. The number of benzene rings is 1. The summed E-state index contributed by atoms with van der Waals surface area (Å²) in [5.41, 5.74) is 1.43. The molecular formula is C16H24N2S. The number of rotatable bonds is 2. The van der Waals surface area contributed by atoms with E-state index in [1.807, 2.05) is 0 Å². The molecule has 1 aromatic rings. The summed E-state index contributed by atoms with van der Waals surface area (Å²) in [5.74, 6) is 0. The molecule has 2 saturated heterocycles. The molecule has 2 fully saturated rings. The van der Waals surface area contributed by atoms with Crippen molar-refractivity contribution in [2.75, 3.05) is 13.1 Å². The van der Waals surface area contributed by atoms with Gasteiger partial charge in [0, 0.05) is 24.4 Å². The highest BCUT2D eigenvalue weighted by atomic mass is 32.2. The molecule has 19 heavy (non-hydrogen) atoms. The highest BCUT2D eigenvalue weighted by Gasteiger charge is 2.47. The number of nitrogens with zero attached hydrogens (tertiary/aromatic N) is 1. The molecule has 2 heterocycles. The van der Waals surface area contributed by atoms with Gasteiger partial charge < -0.3 is 5.32 Å². The van der Waals surface area contributed by atoms with Crippen molar-refractivity contribution < 1.29 is 0 Å². The third-order valence-corrected chi connectivity index (χ3v) is 6.36. The Hall–Kier alpha value is -0.510. The fourth-order valence-corrected chi connectivity index (χ4v) is 5.08. The van der Waals surface area contributed by atoms with Crippen molar-refractivity contribution in [2.24, 2.45) is 0 Å². The molecule has 0 saturated carbocycles. The molecule has 3 unspecified atom stereocenters. The molecule has 0 aromatic heterocycles. The van der Waals surface area contributed by atoms with Crippen LogP contribution in [-0.4, -0.2) is 34.2 Å². The zero-order chi connectivity index (χ0) is 13.3. The first-order valence-electron chi connectivity index (χ1n) is 7.40. The maximum Gasteiger partial charge on any atom is 0.0814 e. The molecule has 3 atom stereocenters. The van der Waals surface area contributed by atoms with Gasteiger partial charge in [0.05, 0.1) is 4.87 Å². The number of hydrogen-bond acceptors (Lipinski definition) is 3. The number of likely N-dealkylation sites (tertiary alicyclic amines) is 1.